The zero-order valence-corrected chi connectivity index (χ0v) is 10.9. The maximum atomic E-state index is 11.0. The molecule has 0 aliphatic carbocycles. The van der Waals surface area contributed by atoms with Crippen LogP contribution in [0.2, 0.25) is 0 Å². The van der Waals surface area contributed by atoms with E-state index < -0.39 is 5.97 Å². The van der Waals surface area contributed by atoms with Crippen LogP contribution < -0.4 is 9.64 Å². The molecule has 1 N–H and O–H groups in total. The monoisotopic (exact) mass is 271 g/mol. The van der Waals surface area contributed by atoms with Crippen molar-refractivity contribution in [1.82, 2.24) is 9.97 Å². The molecule has 2 heterocycles. The van der Waals surface area contributed by atoms with Gasteiger partial charge in [-0.1, -0.05) is 6.07 Å². The Hall–Kier alpha value is -2.63. The van der Waals surface area contributed by atoms with Crippen LogP contribution in [-0.2, 0) is 13.1 Å². The summed E-state index contributed by atoms with van der Waals surface area (Å²) in [6.07, 6.45) is 3.22. The van der Waals surface area contributed by atoms with Crippen molar-refractivity contribution in [3.05, 3.63) is 47.3 Å². The number of ether oxygens (including phenoxy) is 1. The number of hydrogen-bond acceptors (Lipinski definition) is 5. The second-order valence-electron chi connectivity index (χ2n) is 4.56. The van der Waals surface area contributed by atoms with Gasteiger partial charge in [-0.15, -0.1) is 0 Å². The van der Waals surface area contributed by atoms with Gasteiger partial charge in [-0.05, 0) is 23.3 Å². The van der Waals surface area contributed by atoms with Gasteiger partial charge in [0.05, 0.1) is 25.1 Å². The summed E-state index contributed by atoms with van der Waals surface area (Å²) < 4.78 is 5.06. The third-order valence-corrected chi connectivity index (χ3v) is 3.31. The van der Waals surface area contributed by atoms with Gasteiger partial charge in [0, 0.05) is 13.1 Å². The van der Waals surface area contributed by atoms with Crippen molar-refractivity contribution in [3.8, 4) is 5.88 Å². The molecule has 1 aliphatic rings. The van der Waals surface area contributed by atoms with Crippen LogP contribution in [0.4, 0.5) is 5.82 Å². The van der Waals surface area contributed by atoms with E-state index in [0.29, 0.717) is 24.5 Å². The third-order valence-electron chi connectivity index (χ3n) is 3.31. The highest BCUT2D eigenvalue weighted by atomic mass is 16.5. The number of nitrogens with zero attached hydrogens (tertiary/aromatic N) is 3. The fourth-order valence-electron chi connectivity index (χ4n) is 2.28. The smallest absolute Gasteiger partial charge is 0.335 e. The first-order valence-electron chi connectivity index (χ1n) is 6.13. The Balaban J connectivity index is 1.87. The topological polar surface area (TPSA) is 75.5 Å². The maximum Gasteiger partial charge on any atom is 0.335 e. The Bertz CT molecular complexity index is 672. The minimum atomic E-state index is -0.910. The number of benzene rings is 1. The average molecular weight is 271 g/mol. The van der Waals surface area contributed by atoms with E-state index in [1.165, 1.54) is 0 Å². The molecule has 0 saturated heterocycles. The van der Waals surface area contributed by atoms with Gasteiger partial charge in [-0.3, -0.25) is 4.98 Å². The van der Waals surface area contributed by atoms with Crippen LogP contribution >= 0.6 is 0 Å². The normalized spacial score (nSPS) is 13.2. The lowest BCUT2D eigenvalue weighted by atomic mass is 10.1. The highest BCUT2D eigenvalue weighted by Crippen LogP contribution is 2.28. The fourth-order valence-corrected chi connectivity index (χ4v) is 2.28. The van der Waals surface area contributed by atoms with E-state index in [1.54, 1.807) is 31.6 Å². The molecule has 0 radical (unpaired) electrons. The minimum Gasteiger partial charge on any atom is -0.480 e. The van der Waals surface area contributed by atoms with Gasteiger partial charge in [0.15, 0.2) is 5.82 Å². The molecule has 102 valence electrons. The Morgan fingerprint density at radius 1 is 1.30 bits per heavy atom. The summed E-state index contributed by atoms with van der Waals surface area (Å²) in [5, 5.41) is 9.01. The minimum absolute atomic E-state index is 0.308. The van der Waals surface area contributed by atoms with Gasteiger partial charge in [-0.2, -0.15) is 4.98 Å². The molecule has 3 rings (SSSR count). The molecular formula is C14H13N3O3. The largest absolute Gasteiger partial charge is 0.480 e. The van der Waals surface area contributed by atoms with E-state index in [0.717, 1.165) is 16.9 Å². The average Bonchev–Trinajstić information content (AvgIpc) is 2.90. The number of hydrogen-bond donors (Lipinski definition) is 1. The predicted molar refractivity (Wildman–Crippen MR) is 71.9 cm³/mol. The van der Waals surface area contributed by atoms with Crippen molar-refractivity contribution in [2.45, 2.75) is 13.1 Å². The summed E-state index contributed by atoms with van der Waals surface area (Å²) in [6, 6.07) is 5.19. The van der Waals surface area contributed by atoms with Crippen LogP contribution in [0.15, 0.2) is 30.6 Å². The summed E-state index contributed by atoms with van der Waals surface area (Å²) in [5.74, 6) is 0.273. The summed E-state index contributed by atoms with van der Waals surface area (Å²) in [6.45, 7) is 1.31. The molecule has 0 spiro atoms. The lowest BCUT2D eigenvalue weighted by molar-refractivity contribution is 0.0697. The molecule has 1 aliphatic heterocycles. The molecular weight excluding hydrogens is 258 g/mol. The van der Waals surface area contributed by atoms with Gasteiger partial charge in [0.2, 0.25) is 5.88 Å². The lowest BCUT2D eigenvalue weighted by Gasteiger charge is -2.16. The fraction of sp³-hybridized carbons (Fsp3) is 0.214. The van der Waals surface area contributed by atoms with Crippen molar-refractivity contribution in [1.29, 1.82) is 0 Å². The molecule has 0 atom stereocenters. The zero-order chi connectivity index (χ0) is 14.1. The second kappa shape index (κ2) is 4.80. The number of aromatic carboxylic acids is 1. The van der Waals surface area contributed by atoms with E-state index in [9.17, 15) is 4.79 Å². The van der Waals surface area contributed by atoms with Crippen LogP contribution in [0, 0.1) is 0 Å². The Morgan fingerprint density at radius 2 is 2.10 bits per heavy atom. The van der Waals surface area contributed by atoms with Gasteiger partial charge in [-0.25, -0.2) is 4.79 Å². The number of rotatable bonds is 3. The van der Waals surface area contributed by atoms with E-state index in [2.05, 4.69) is 9.97 Å². The second-order valence-corrected chi connectivity index (χ2v) is 4.56. The Kier molecular flexibility index (Phi) is 2.98. The molecule has 6 nitrogen and oxygen atoms in total. The molecule has 6 heteroatoms. The van der Waals surface area contributed by atoms with Crippen LogP contribution in [-0.4, -0.2) is 28.2 Å². The standard InChI is InChI=1S/C14H13N3O3/c1-20-13-6-15-5-12(16-13)17-7-10-3-2-9(14(18)19)4-11(10)8-17/h2-6H,7-8H2,1H3,(H,18,19). The van der Waals surface area contributed by atoms with Crippen molar-refractivity contribution in [3.63, 3.8) is 0 Å². The SMILES string of the molecule is COc1cncc(N2Cc3ccc(C(=O)O)cc3C2)n1. The maximum absolute atomic E-state index is 11.0. The number of methoxy groups -OCH3 is 1. The number of carboxylic acids is 1. The third kappa shape index (κ3) is 2.16. The first-order valence-corrected chi connectivity index (χ1v) is 6.13. The number of anilines is 1. The van der Waals surface area contributed by atoms with E-state index >= 15 is 0 Å². The van der Waals surface area contributed by atoms with Crippen molar-refractivity contribution >= 4 is 11.8 Å². The number of carbonyl (C=O) groups is 1. The van der Waals surface area contributed by atoms with Gasteiger partial charge < -0.3 is 14.7 Å². The molecule has 0 unspecified atom stereocenters. The first-order chi connectivity index (χ1) is 9.67. The van der Waals surface area contributed by atoms with Gasteiger partial charge in [0.1, 0.15) is 0 Å². The van der Waals surface area contributed by atoms with E-state index in [1.807, 2.05) is 11.0 Å². The molecule has 0 saturated carbocycles. The number of aromatic nitrogens is 2. The zero-order valence-electron chi connectivity index (χ0n) is 10.9. The highest BCUT2D eigenvalue weighted by Gasteiger charge is 2.21. The summed E-state index contributed by atoms with van der Waals surface area (Å²) >= 11 is 0. The van der Waals surface area contributed by atoms with Crippen LogP contribution in [0.3, 0.4) is 0 Å². The number of carboxylic acid groups (broad SMARTS) is 1. The summed E-state index contributed by atoms with van der Waals surface area (Å²) in [5.41, 5.74) is 2.43. The molecule has 0 bridgehead atoms. The molecule has 2 aromatic rings. The van der Waals surface area contributed by atoms with Crippen LogP contribution in [0.25, 0.3) is 0 Å². The molecule has 0 amide bonds. The van der Waals surface area contributed by atoms with E-state index in [-0.39, 0.29) is 0 Å². The molecule has 20 heavy (non-hydrogen) atoms. The Morgan fingerprint density at radius 3 is 2.85 bits per heavy atom. The van der Waals surface area contributed by atoms with Gasteiger partial charge in [0.25, 0.3) is 0 Å². The summed E-state index contributed by atoms with van der Waals surface area (Å²) in [7, 11) is 1.55. The van der Waals surface area contributed by atoms with Crippen molar-refractivity contribution < 1.29 is 14.6 Å². The first kappa shape index (κ1) is 12.4. The lowest BCUT2D eigenvalue weighted by Crippen LogP contribution is -2.16. The van der Waals surface area contributed by atoms with Crippen molar-refractivity contribution in [2.75, 3.05) is 12.0 Å². The number of fused-ring (bicyclic) bond motifs is 1. The summed E-state index contributed by atoms with van der Waals surface area (Å²) in [4.78, 5) is 21.4. The predicted octanol–water partition coefficient (Wildman–Crippen LogP) is 1.70. The molecule has 1 aromatic carbocycles. The Labute approximate surface area is 115 Å². The molecule has 0 fully saturated rings. The molecule has 1 aromatic heterocycles. The highest BCUT2D eigenvalue weighted by molar-refractivity contribution is 5.88. The van der Waals surface area contributed by atoms with Crippen LogP contribution in [0.5, 0.6) is 5.88 Å². The van der Waals surface area contributed by atoms with Gasteiger partial charge >= 0.3 is 5.97 Å². The van der Waals surface area contributed by atoms with Crippen molar-refractivity contribution in [2.24, 2.45) is 0 Å². The quantitative estimate of drug-likeness (QED) is 0.915. The van der Waals surface area contributed by atoms with E-state index in [4.69, 9.17) is 9.84 Å². The van der Waals surface area contributed by atoms with Crippen LogP contribution in [0.1, 0.15) is 21.5 Å².